The van der Waals surface area contributed by atoms with Crippen LogP contribution < -0.4 is 0 Å². The SMILES string of the molecule is CC=CCOCC1CCC(CO)CC1. The van der Waals surface area contributed by atoms with E-state index < -0.39 is 0 Å². The van der Waals surface area contributed by atoms with Crippen molar-refractivity contribution in [1.29, 1.82) is 0 Å². The van der Waals surface area contributed by atoms with E-state index in [-0.39, 0.29) is 0 Å². The van der Waals surface area contributed by atoms with Crippen LogP contribution in [-0.2, 0) is 4.74 Å². The fourth-order valence-electron chi connectivity index (χ4n) is 1.98. The summed E-state index contributed by atoms with van der Waals surface area (Å²) >= 11 is 0. The molecular weight excluding hydrogens is 176 g/mol. The molecule has 1 rings (SSSR count). The third kappa shape index (κ3) is 4.25. The zero-order valence-electron chi connectivity index (χ0n) is 9.11. The Balaban J connectivity index is 2.04. The molecule has 0 aromatic heterocycles. The van der Waals surface area contributed by atoms with E-state index in [4.69, 9.17) is 9.84 Å². The Bertz CT molecular complexity index is 158. The van der Waals surface area contributed by atoms with E-state index in [0.717, 1.165) is 19.1 Å². The molecule has 0 unspecified atom stereocenters. The maximum absolute atomic E-state index is 8.98. The maximum atomic E-state index is 8.98. The van der Waals surface area contributed by atoms with Gasteiger partial charge in [-0.2, -0.15) is 0 Å². The van der Waals surface area contributed by atoms with E-state index in [0.29, 0.717) is 12.5 Å². The number of aliphatic hydroxyl groups excluding tert-OH is 1. The van der Waals surface area contributed by atoms with Crippen LogP contribution in [0.4, 0.5) is 0 Å². The van der Waals surface area contributed by atoms with Gasteiger partial charge in [-0.25, -0.2) is 0 Å². The molecule has 0 heterocycles. The van der Waals surface area contributed by atoms with Gasteiger partial charge in [0.15, 0.2) is 0 Å². The van der Waals surface area contributed by atoms with Gasteiger partial charge in [-0.1, -0.05) is 12.2 Å². The van der Waals surface area contributed by atoms with E-state index in [1.165, 1.54) is 25.7 Å². The average Bonchev–Trinajstić information content (AvgIpc) is 2.25. The van der Waals surface area contributed by atoms with Crippen LogP contribution >= 0.6 is 0 Å². The van der Waals surface area contributed by atoms with Crippen LogP contribution in [0.15, 0.2) is 12.2 Å². The van der Waals surface area contributed by atoms with Crippen molar-refractivity contribution < 1.29 is 9.84 Å². The van der Waals surface area contributed by atoms with Crippen LogP contribution in [0.3, 0.4) is 0 Å². The van der Waals surface area contributed by atoms with Gasteiger partial charge < -0.3 is 9.84 Å². The number of aliphatic hydroxyl groups is 1. The molecule has 0 bridgehead atoms. The molecule has 0 aromatic carbocycles. The van der Waals surface area contributed by atoms with Crippen molar-refractivity contribution in [3.63, 3.8) is 0 Å². The topological polar surface area (TPSA) is 29.5 Å². The molecule has 0 aromatic rings. The Morgan fingerprint density at radius 1 is 1.21 bits per heavy atom. The monoisotopic (exact) mass is 198 g/mol. The predicted octanol–water partition coefficient (Wildman–Crippen LogP) is 2.38. The first-order chi connectivity index (χ1) is 6.86. The quantitative estimate of drug-likeness (QED) is 0.543. The normalized spacial score (nSPS) is 28.4. The molecule has 1 fully saturated rings. The number of hydrogen-bond acceptors (Lipinski definition) is 2. The molecule has 82 valence electrons. The second-order valence-corrected chi connectivity index (χ2v) is 4.18. The molecular formula is C12H22O2. The average molecular weight is 198 g/mol. The number of allylic oxidation sites excluding steroid dienone is 1. The van der Waals surface area contributed by atoms with Crippen molar-refractivity contribution in [3.05, 3.63) is 12.2 Å². The number of hydrogen-bond donors (Lipinski definition) is 1. The van der Waals surface area contributed by atoms with Crippen LogP contribution in [0.1, 0.15) is 32.6 Å². The van der Waals surface area contributed by atoms with E-state index >= 15 is 0 Å². The molecule has 0 aliphatic heterocycles. The highest BCUT2D eigenvalue weighted by Gasteiger charge is 2.20. The van der Waals surface area contributed by atoms with Crippen molar-refractivity contribution in [3.8, 4) is 0 Å². The first kappa shape index (κ1) is 11.7. The Morgan fingerprint density at radius 2 is 1.86 bits per heavy atom. The summed E-state index contributed by atoms with van der Waals surface area (Å²) < 4.78 is 5.53. The summed E-state index contributed by atoms with van der Waals surface area (Å²) in [6, 6.07) is 0. The molecule has 14 heavy (non-hydrogen) atoms. The van der Waals surface area contributed by atoms with Crippen LogP contribution in [0.2, 0.25) is 0 Å². The van der Waals surface area contributed by atoms with Crippen LogP contribution in [0, 0.1) is 11.8 Å². The second-order valence-electron chi connectivity index (χ2n) is 4.18. The van der Waals surface area contributed by atoms with Crippen molar-refractivity contribution in [1.82, 2.24) is 0 Å². The minimum atomic E-state index is 0.367. The molecule has 0 atom stereocenters. The van der Waals surface area contributed by atoms with Crippen LogP contribution in [-0.4, -0.2) is 24.9 Å². The third-order valence-corrected chi connectivity index (χ3v) is 3.03. The van der Waals surface area contributed by atoms with Gasteiger partial charge in [-0.05, 0) is 44.4 Å². The molecule has 0 radical (unpaired) electrons. The van der Waals surface area contributed by atoms with Crippen LogP contribution in [0.25, 0.3) is 0 Å². The van der Waals surface area contributed by atoms with Gasteiger partial charge in [-0.15, -0.1) is 0 Å². The number of rotatable bonds is 5. The molecule has 0 amide bonds. The zero-order chi connectivity index (χ0) is 10.2. The fourth-order valence-corrected chi connectivity index (χ4v) is 1.98. The minimum absolute atomic E-state index is 0.367. The van der Waals surface area contributed by atoms with Crippen molar-refractivity contribution in [2.45, 2.75) is 32.6 Å². The Labute approximate surface area is 87.0 Å². The van der Waals surface area contributed by atoms with Gasteiger partial charge in [0.1, 0.15) is 0 Å². The highest BCUT2D eigenvalue weighted by molar-refractivity contribution is 4.77. The summed E-state index contributed by atoms with van der Waals surface area (Å²) in [5.74, 6) is 1.28. The first-order valence-electron chi connectivity index (χ1n) is 5.66. The van der Waals surface area contributed by atoms with E-state index in [1.807, 2.05) is 19.1 Å². The van der Waals surface area contributed by atoms with Gasteiger partial charge in [0.25, 0.3) is 0 Å². The highest BCUT2D eigenvalue weighted by atomic mass is 16.5. The lowest BCUT2D eigenvalue weighted by Gasteiger charge is -2.26. The van der Waals surface area contributed by atoms with E-state index in [2.05, 4.69) is 0 Å². The van der Waals surface area contributed by atoms with Gasteiger partial charge in [-0.3, -0.25) is 0 Å². The van der Waals surface area contributed by atoms with Gasteiger partial charge in [0.2, 0.25) is 0 Å². The molecule has 1 aliphatic carbocycles. The fraction of sp³-hybridized carbons (Fsp3) is 0.833. The second kappa shape index (κ2) is 7.02. The van der Waals surface area contributed by atoms with Crippen molar-refractivity contribution in [2.75, 3.05) is 19.8 Å². The van der Waals surface area contributed by atoms with E-state index in [1.54, 1.807) is 0 Å². The van der Waals surface area contributed by atoms with E-state index in [9.17, 15) is 0 Å². The summed E-state index contributed by atoms with van der Waals surface area (Å²) in [4.78, 5) is 0. The zero-order valence-corrected chi connectivity index (χ0v) is 9.11. The lowest BCUT2D eigenvalue weighted by atomic mass is 9.83. The predicted molar refractivity (Wildman–Crippen MR) is 58.2 cm³/mol. The maximum Gasteiger partial charge on any atom is 0.0647 e. The van der Waals surface area contributed by atoms with Crippen LogP contribution in [0.5, 0.6) is 0 Å². The molecule has 2 heteroatoms. The highest BCUT2D eigenvalue weighted by Crippen LogP contribution is 2.28. The molecule has 2 nitrogen and oxygen atoms in total. The summed E-state index contributed by atoms with van der Waals surface area (Å²) in [6.07, 6.45) is 8.85. The summed E-state index contributed by atoms with van der Waals surface area (Å²) in [5.41, 5.74) is 0. The summed E-state index contributed by atoms with van der Waals surface area (Å²) in [7, 11) is 0. The van der Waals surface area contributed by atoms with Gasteiger partial charge >= 0.3 is 0 Å². The van der Waals surface area contributed by atoms with Gasteiger partial charge in [0.05, 0.1) is 6.61 Å². The third-order valence-electron chi connectivity index (χ3n) is 3.03. The molecule has 0 saturated heterocycles. The Morgan fingerprint density at radius 3 is 2.43 bits per heavy atom. The first-order valence-corrected chi connectivity index (χ1v) is 5.66. The molecule has 1 saturated carbocycles. The molecule has 0 spiro atoms. The summed E-state index contributed by atoms with van der Waals surface area (Å²) in [6.45, 7) is 4.01. The summed E-state index contributed by atoms with van der Waals surface area (Å²) in [5, 5.41) is 8.98. The molecule has 1 aliphatic rings. The smallest absolute Gasteiger partial charge is 0.0647 e. The van der Waals surface area contributed by atoms with Crippen molar-refractivity contribution >= 4 is 0 Å². The largest absolute Gasteiger partial charge is 0.396 e. The molecule has 1 N–H and O–H groups in total. The Hall–Kier alpha value is -0.340. The standard InChI is InChI=1S/C12H22O2/c1-2-3-8-14-10-12-6-4-11(9-13)5-7-12/h2-3,11-13H,4-10H2,1H3. The van der Waals surface area contributed by atoms with Gasteiger partial charge in [0, 0.05) is 13.2 Å². The lowest BCUT2D eigenvalue weighted by molar-refractivity contribution is 0.0847. The van der Waals surface area contributed by atoms with Crippen molar-refractivity contribution in [2.24, 2.45) is 11.8 Å². The minimum Gasteiger partial charge on any atom is -0.396 e. The number of ether oxygens (including phenoxy) is 1. The Kier molecular flexibility index (Phi) is 5.88. The lowest BCUT2D eigenvalue weighted by Crippen LogP contribution is -2.20.